The van der Waals surface area contributed by atoms with Crippen molar-refractivity contribution >= 4 is 28.6 Å². The quantitative estimate of drug-likeness (QED) is 0.802. The van der Waals surface area contributed by atoms with Crippen LogP contribution < -0.4 is 0 Å². The first-order valence-electron chi connectivity index (χ1n) is 6.31. The molecule has 5 heteroatoms. The Hall–Kier alpha value is -1.37. The van der Waals surface area contributed by atoms with E-state index >= 15 is 0 Å². The Balaban J connectivity index is 2.75. The van der Waals surface area contributed by atoms with Crippen molar-refractivity contribution in [2.24, 2.45) is 0 Å². The van der Waals surface area contributed by atoms with E-state index in [-0.39, 0.29) is 11.1 Å². The van der Waals surface area contributed by atoms with Crippen LogP contribution in [-0.2, 0) is 5.41 Å². The van der Waals surface area contributed by atoms with Gasteiger partial charge in [-0.1, -0.05) is 32.9 Å². The van der Waals surface area contributed by atoms with Crippen molar-refractivity contribution in [2.75, 3.05) is 0 Å². The van der Waals surface area contributed by atoms with Crippen molar-refractivity contribution in [3.05, 3.63) is 44.8 Å². The topological polar surface area (TPSA) is 55.1 Å². The van der Waals surface area contributed by atoms with Crippen molar-refractivity contribution in [1.29, 1.82) is 0 Å². The monoisotopic (exact) mass is 384 g/mol. The SMILES string of the molecule is Cc1cccc(-n2nc(C(=O)O)c(I)c2C(C)(C)C)c1. The number of carboxylic acids is 1. The molecule has 0 saturated carbocycles. The van der Waals surface area contributed by atoms with Gasteiger partial charge in [0.1, 0.15) is 0 Å². The highest BCUT2D eigenvalue weighted by Crippen LogP contribution is 2.31. The predicted molar refractivity (Wildman–Crippen MR) is 86.7 cm³/mol. The van der Waals surface area contributed by atoms with Crippen LogP contribution in [0, 0.1) is 10.5 Å². The van der Waals surface area contributed by atoms with E-state index in [1.165, 1.54) is 0 Å². The number of aromatic nitrogens is 2. The molecule has 2 rings (SSSR count). The van der Waals surface area contributed by atoms with Gasteiger partial charge in [0.25, 0.3) is 0 Å². The van der Waals surface area contributed by atoms with E-state index < -0.39 is 5.97 Å². The van der Waals surface area contributed by atoms with E-state index in [0.29, 0.717) is 3.57 Å². The Bertz CT molecular complexity index is 669. The molecule has 2 aromatic rings. The number of aromatic carboxylic acids is 1. The van der Waals surface area contributed by atoms with E-state index in [4.69, 9.17) is 0 Å². The summed E-state index contributed by atoms with van der Waals surface area (Å²) in [5, 5.41) is 13.6. The zero-order chi connectivity index (χ0) is 15.1. The highest BCUT2D eigenvalue weighted by atomic mass is 127. The van der Waals surface area contributed by atoms with Gasteiger partial charge in [-0.3, -0.25) is 0 Å². The van der Waals surface area contributed by atoms with E-state index in [1.54, 1.807) is 4.68 Å². The number of hydrogen-bond donors (Lipinski definition) is 1. The number of carboxylic acid groups (broad SMARTS) is 1. The molecule has 0 radical (unpaired) electrons. The van der Waals surface area contributed by atoms with Gasteiger partial charge in [0, 0.05) is 5.41 Å². The first kappa shape index (κ1) is 15.0. The third-order valence-electron chi connectivity index (χ3n) is 2.99. The molecule has 0 unspecified atom stereocenters. The lowest BCUT2D eigenvalue weighted by atomic mass is 9.91. The van der Waals surface area contributed by atoms with Gasteiger partial charge in [0.15, 0.2) is 5.69 Å². The lowest BCUT2D eigenvalue weighted by molar-refractivity contribution is 0.0689. The number of hydrogen-bond acceptors (Lipinski definition) is 2. The molecule has 0 aliphatic carbocycles. The molecule has 1 aromatic carbocycles. The van der Waals surface area contributed by atoms with Crippen LogP contribution in [0.4, 0.5) is 0 Å². The molecule has 4 nitrogen and oxygen atoms in total. The van der Waals surface area contributed by atoms with Gasteiger partial charge in [-0.05, 0) is 47.2 Å². The lowest BCUT2D eigenvalue weighted by Crippen LogP contribution is -2.18. The van der Waals surface area contributed by atoms with Gasteiger partial charge in [0.05, 0.1) is 15.0 Å². The summed E-state index contributed by atoms with van der Waals surface area (Å²) in [6.45, 7) is 8.19. The smallest absolute Gasteiger partial charge is 0.357 e. The highest BCUT2D eigenvalue weighted by molar-refractivity contribution is 14.1. The Morgan fingerprint density at radius 3 is 2.50 bits per heavy atom. The highest BCUT2D eigenvalue weighted by Gasteiger charge is 2.29. The molecule has 20 heavy (non-hydrogen) atoms. The average Bonchev–Trinajstić information content (AvgIpc) is 2.66. The summed E-state index contributed by atoms with van der Waals surface area (Å²) < 4.78 is 2.45. The summed E-state index contributed by atoms with van der Waals surface area (Å²) in [7, 11) is 0. The molecule has 106 valence electrons. The third-order valence-corrected chi connectivity index (χ3v) is 4.01. The van der Waals surface area contributed by atoms with Crippen LogP contribution in [0.2, 0.25) is 0 Å². The minimum absolute atomic E-state index is 0.108. The molecule has 0 aliphatic heterocycles. The largest absolute Gasteiger partial charge is 0.476 e. The molecule has 1 aromatic heterocycles. The van der Waals surface area contributed by atoms with E-state index in [9.17, 15) is 9.90 Å². The number of aryl methyl sites for hydroxylation is 1. The Morgan fingerprint density at radius 1 is 1.35 bits per heavy atom. The third kappa shape index (κ3) is 2.72. The van der Waals surface area contributed by atoms with Gasteiger partial charge in [-0.2, -0.15) is 5.10 Å². The normalized spacial score (nSPS) is 11.7. The fourth-order valence-electron chi connectivity index (χ4n) is 2.13. The molecule has 0 atom stereocenters. The first-order chi connectivity index (χ1) is 9.21. The molecular weight excluding hydrogens is 367 g/mol. The van der Waals surface area contributed by atoms with Gasteiger partial charge < -0.3 is 5.11 Å². The molecule has 0 bridgehead atoms. The second kappa shape index (κ2) is 5.20. The molecule has 0 aliphatic rings. The molecule has 1 N–H and O–H groups in total. The van der Waals surface area contributed by atoms with Gasteiger partial charge in [-0.15, -0.1) is 0 Å². The number of benzene rings is 1. The summed E-state index contributed by atoms with van der Waals surface area (Å²) in [5.74, 6) is -0.994. The number of carbonyl (C=O) groups is 1. The lowest BCUT2D eigenvalue weighted by Gasteiger charge is -2.21. The molecule has 0 amide bonds. The Kier molecular flexibility index (Phi) is 3.90. The Labute approximate surface area is 132 Å². The summed E-state index contributed by atoms with van der Waals surface area (Å²) >= 11 is 2.07. The van der Waals surface area contributed by atoms with Gasteiger partial charge in [-0.25, -0.2) is 9.48 Å². The van der Waals surface area contributed by atoms with Crippen LogP contribution in [0.1, 0.15) is 42.5 Å². The van der Waals surface area contributed by atoms with Crippen LogP contribution >= 0.6 is 22.6 Å². The number of rotatable bonds is 2. The second-order valence-electron chi connectivity index (χ2n) is 5.82. The molecule has 1 heterocycles. The summed E-state index contributed by atoms with van der Waals surface area (Å²) in [5.41, 5.74) is 2.84. The number of halogens is 1. The minimum Gasteiger partial charge on any atom is -0.476 e. The predicted octanol–water partition coefficient (Wildman–Crippen LogP) is 3.78. The second-order valence-corrected chi connectivity index (χ2v) is 6.90. The minimum atomic E-state index is -0.994. The molecule has 0 fully saturated rings. The van der Waals surface area contributed by atoms with E-state index in [0.717, 1.165) is 16.9 Å². The van der Waals surface area contributed by atoms with Crippen LogP contribution in [0.15, 0.2) is 24.3 Å². The van der Waals surface area contributed by atoms with Crippen molar-refractivity contribution in [1.82, 2.24) is 9.78 Å². The zero-order valence-electron chi connectivity index (χ0n) is 11.9. The van der Waals surface area contributed by atoms with Crippen LogP contribution in [-0.4, -0.2) is 20.9 Å². The van der Waals surface area contributed by atoms with Gasteiger partial charge >= 0.3 is 5.97 Å². The summed E-state index contributed by atoms with van der Waals surface area (Å²) in [6, 6.07) is 7.90. The summed E-state index contributed by atoms with van der Waals surface area (Å²) in [4.78, 5) is 11.3. The van der Waals surface area contributed by atoms with Crippen molar-refractivity contribution in [2.45, 2.75) is 33.1 Å². The van der Waals surface area contributed by atoms with Crippen LogP contribution in [0.5, 0.6) is 0 Å². The van der Waals surface area contributed by atoms with E-state index in [2.05, 4.69) is 48.5 Å². The first-order valence-corrected chi connectivity index (χ1v) is 7.39. The van der Waals surface area contributed by atoms with Crippen molar-refractivity contribution in [3.63, 3.8) is 0 Å². The van der Waals surface area contributed by atoms with Crippen molar-refractivity contribution in [3.8, 4) is 5.69 Å². The average molecular weight is 384 g/mol. The maximum atomic E-state index is 11.3. The standard InChI is InChI=1S/C15H17IN2O2/c1-9-6-5-7-10(8-9)18-13(15(2,3)4)11(16)12(17-18)14(19)20/h5-8H,1-4H3,(H,19,20). The molecule has 0 spiro atoms. The fraction of sp³-hybridized carbons (Fsp3) is 0.333. The maximum Gasteiger partial charge on any atom is 0.357 e. The summed E-state index contributed by atoms with van der Waals surface area (Å²) in [6.07, 6.45) is 0. The molecular formula is C15H17IN2O2. The Morgan fingerprint density at radius 2 is 2.00 bits per heavy atom. The molecule has 0 saturated heterocycles. The van der Waals surface area contributed by atoms with Crippen LogP contribution in [0.25, 0.3) is 5.69 Å². The van der Waals surface area contributed by atoms with Gasteiger partial charge in [0.2, 0.25) is 0 Å². The number of nitrogens with zero attached hydrogens (tertiary/aromatic N) is 2. The van der Waals surface area contributed by atoms with E-state index in [1.807, 2.05) is 31.2 Å². The van der Waals surface area contributed by atoms with Crippen molar-refractivity contribution < 1.29 is 9.90 Å². The fourth-order valence-corrected chi connectivity index (χ4v) is 3.51. The zero-order valence-corrected chi connectivity index (χ0v) is 14.1. The van der Waals surface area contributed by atoms with Crippen LogP contribution in [0.3, 0.4) is 0 Å². The maximum absolute atomic E-state index is 11.3.